The van der Waals surface area contributed by atoms with Crippen molar-refractivity contribution >= 4 is 28.4 Å². The molecule has 0 radical (unpaired) electrons. The molecule has 1 aromatic heterocycles. The fraction of sp³-hybridized carbons (Fsp3) is 0.200. The Labute approximate surface area is 73.7 Å². The molecule has 0 bridgehead atoms. The van der Waals surface area contributed by atoms with Crippen LogP contribution in [0.25, 0.3) is 0 Å². The minimum atomic E-state index is 0.459. The molecule has 0 aliphatic rings. The maximum absolute atomic E-state index is 8.32. The first-order valence-electron chi connectivity index (χ1n) is 2.64. The van der Waals surface area contributed by atoms with Crippen LogP contribution in [0.1, 0.15) is 5.56 Å². The summed E-state index contributed by atoms with van der Waals surface area (Å²) < 4.78 is 1.83. The maximum atomic E-state index is 8.32. The molecule has 0 N–H and O–H groups in total. The van der Waals surface area contributed by atoms with E-state index >= 15 is 0 Å². The highest BCUT2D eigenvalue weighted by Crippen LogP contribution is 2.22. The van der Waals surface area contributed by atoms with Crippen molar-refractivity contribution in [2.45, 2.75) is 6.42 Å². The van der Waals surface area contributed by atoms with Gasteiger partial charge in [0.1, 0.15) is 0 Å². The fourth-order valence-corrected chi connectivity index (χ4v) is 1.70. The molecule has 0 aliphatic carbocycles. The van der Waals surface area contributed by atoms with Gasteiger partial charge in [-0.15, -0.1) is 0 Å². The molecule has 0 aliphatic heterocycles. The minimum Gasteiger partial charge on any atom is -0.245 e. The molecule has 0 fully saturated rings. The summed E-state index contributed by atoms with van der Waals surface area (Å²) in [5.74, 6) is 0. The molecule has 1 unspecified atom stereocenters. The Balaban J connectivity index is 2.70. The number of rotatable bonds is 2. The number of nitriles is 1. The van der Waals surface area contributed by atoms with Gasteiger partial charge in [-0.3, -0.25) is 0 Å². The molecule has 52 valence electrons. The van der Waals surface area contributed by atoms with Crippen LogP contribution < -0.4 is 0 Å². The SMILES string of the molecule is N#CCc1cnn(PI)c1. The van der Waals surface area contributed by atoms with Crippen molar-refractivity contribution in [1.82, 2.24) is 9.55 Å². The molecule has 10 heavy (non-hydrogen) atoms. The average Bonchev–Trinajstić information content (AvgIpc) is 2.37. The van der Waals surface area contributed by atoms with Crippen molar-refractivity contribution < 1.29 is 0 Å². The van der Waals surface area contributed by atoms with Crippen molar-refractivity contribution in [3.8, 4) is 6.07 Å². The Hall–Kier alpha value is -0.140. The van der Waals surface area contributed by atoms with Crippen LogP contribution in [0.5, 0.6) is 0 Å². The summed E-state index contributed by atoms with van der Waals surface area (Å²) in [5, 5.41) is 12.3. The van der Waals surface area contributed by atoms with E-state index in [1.54, 1.807) is 6.20 Å². The number of hydrogen-bond donors (Lipinski definition) is 0. The van der Waals surface area contributed by atoms with E-state index in [1.807, 2.05) is 10.6 Å². The van der Waals surface area contributed by atoms with E-state index < -0.39 is 0 Å². The Morgan fingerprint density at radius 2 is 2.70 bits per heavy atom. The zero-order chi connectivity index (χ0) is 7.40. The van der Waals surface area contributed by atoms with E-state index in [9.17, 15) is 0 Å². The zero-order valence-corrected chi connectivity index (χ0v) is 8.24. The first-order chi connectivity index (χ1) is 4.86. The molecule has 0 saturated carbocycles. The van der Waals surface area contributed by atoms with Crippen molar-refractivity contribution in [3.63, 3.8) is 0 Å². The summed E-state index contributed by atoms with van der Waals surface area (Å²) in [6, 6.07) is 2.07. The van der Waals surface area contributed by atoms with E-state index in [0.29, 0.717) is 12.8 Å². The van der Waals surface area contributed by atoms with Gasteiger partial charge < -0.3 is 0 Å². The summed E-state index contributed by atoms with van der Waals surface area (Å²) in [6.45, 7) is 0. The lowest BCUT2D eigenvalue weighted by atomic mass is 10.3. The Morgan fingerprint density at radius 1 is 1.90 bits per heavy atom. The molecular formula is C5H5IN3P. The highest BCUT2D eigenvalue weighted by atomic mass is 127. The summed E-state index contributed by atoms with van der Waals surface area (Å²) in [4.78, 5) is 0. The van der Waals surface area contributed by atoms with Crippen LogP contribution in [0.15, 0.2) is 12.4 Å². The van der Waals surface area contributed by atoms with E-state index in [4.69, 9.17) is 5.26 Å². The van der Waals surface area contributed by atoms with Crippen molar-refractivity contribution in [2.24, 2.45) is 0 Å². The van der Waals surface area contributed by atoms with Crippen molar-refractivity contribution in [2.75, 3.05) is 0 Å². The Bertz CT molecular complexity index is 252. The second-order valence-electron chi connectivity index (χ2n) is 1.71. The molecule has 0 saturated heterocycles. The van der Waals surface area contributed by atoms with Gasteiger partial charge in [-0.2, -0.15) is 10.4 Å². The van der Waals surface area contributed by atoms with Crippen molar-refractivity contribution in [3.05, 3.63) is 18.0 Å². The fourth-order valence-electron chi connectivity index (χ4n) is 0.589. The maximum Gasteiger partial charge on any atom is 0.0677 e. The minimum absolute atomic E-state index is 0.459. The lowest BCUT2D eigenvalue weighted by Gasteiger charge is -1.87. The Kier molecular flexibility index (Phi) is 3.10. The first-order valence-corrected chi connectivity index (χ1v) is 6.70. The van der Waals surface area contributed by atoms with E-state index in [1.165, 1.54) is 0 Å². The van der Waals surface area contributed by atoms with Crippen LogP contribution in [-0.4, -0.2) is 9.55 Å². The van der Waals surface area contributed by atoms with Gasteiger partial charge in [0, 0.05) is 11.8 Å². The number of hydrogen-bond acceptors (Lipinski definition) is 2. The predicted octanol–water partition coefficient (Wildman–Crippen LogP) is 1.74. The molecule has 5 heteroatoms. The van der Waals surface area contributed by atoms with Crippen molar-refractivity contribution in [1.29, 1.82) is 5.26 Å². The predicted molar refractivity (Wildman–Crippen MR) is 49.3 cm³/mol. The third-order valence-electron chi connectivity index (χ3n) is 1.01. The van der Waals surface area contributed by atoms with Gasteiger partial charge in [-0.05, 0) is 22.0 Å². The molecule has 0 aromatic carbocycles. The van der Waals surface area contributed by atoms with Crippen LogP contribution >= 0.6 is 28.4 Å². The summed E-state index contributed by atoms with van der Waals surface area (Å²) in [6.07, 6.45) is 4.71. The number of halogens is 1. The lowest BCUT2D eigenvalue weighted by Crippen LogP contribution is -1.77. The van der Waals surface area contributed by atoms with E-state index in [-0.39, 0.29) is 0 Å². The van der Waals surface area contributed by atoms with Crippen LogP contribution in [0.3, 0.4) is 0 Å². The van der Waals surface area contributed by atoms with Gasteiger partial charge in [-0.25, -0.2) is 4.45 Å². The number of aromatic nitrogens is 2. The van der Waals surface area contributed by atoms with Gasteiger partial charge in [0.15, 0.2) is 0 Å². The highest BCUT2D eigenvalue weighted by molar-refractivity contribution is 14.2. The molecule has 1 rings (SSSR count). The zero-order valence-electron chi connectivity index (χ0n) is 5.08. The molecule has 0 spiro atoms. The molecule has 1 atom stereocenters. The summed E-state index contributed by atoms with van der Waals surface area (Å²) in [5.41, 5.74) is 0.992. The first kappa shape index (κ1) is 7.96. The second kappa shape index (κ2) is 3.89. The lowest BCUT2D eigenvalue weighted by molar-refractivity contribution is 1.01. The van der Waals surface area contributed by atoms with Crippen LogP contribution in [0, 0.1) is 11.3 Å². The van der Waals surface area contributed by atoms with E-state index in [2.05, 4.69) is 33.2 Å². The molecule has 3 nitrogen and oxygen atoms in total. The quantitative estimate of drug-likeness (QED) is 0.603. The smallest absolute Gasteiger partial charge is 0.0677 e. The molecule has 1 aromatic rings. The van der Waals surface area contributed by atoms with Crippen LogP contribution in [0.4, 0.5) is 0 Å². The highest BCUT2D eigenvalue weighted by Gasteiger charge is 1.94. The second-order valence-corrected chi connectivity index (χ2v) is 3.79. The monoisotopic (exact) mass is 265 g/mol. The topological polar surface area (TPSA) is 41.6 Å². The summed E-state index contributed by atoms with van der Waals surface area (Å²) in [7, 11) is 0. The normalized spacial score (nSPS) is 10.4. The third kappa shape index (κ3) is 1.93. The number of nitrogens with zero attached hydrogens (tertiary/aromatic N) is 3. The van der Waals surface area contributed by atoms with E-state index in [0.717, 1.165) is 5.56 Å². The van der Waals surface area contributed by atoms with Gasteiger partial charge in [-0.1, -0.05) is 0 Å². The third-order valence-corrected chi connectivity index (χ3v) is 2.91. The van der Waals surface area contributed by atoms with Crippen LogP contribution in [-0.2, 0) is 6.42 Å². The van der Waals surface area contributed by atoms with Gasteiger partial charge in [0.05, 0.1) is 25.1 Å². The summed E-state index contributed by atoms with van der Waals surface area (Å²) >= 11 is 2.24. The van der Waals surface area contributed by atoms with Gasteiger partial charge in [0.25, 0.3) is 0 Å². The molecule has 0 amide bonds. The Morgan fingerprint density at radius 3 is 3.20 bits per heavy atom. The van der Waals surface area contributed by atoms with Gasteiger partial charge >= 0.3 is 0 Å². The standard InChI is InChI=1S/C5H5IN3P/c6-10-9-4-5(1-2-7)3-8-9/h3-4,10H,1H2. The molecular weight excluding hydrogens is 260 g/mol. The van der Waals surface area contributed by atoms with Gasteiger partial charge in [0.2, 0.25) is 0 Å². The molecule has 1 heterocycles. The largest absolute Gasteiger partial charge is 0.245 e. The average molecular weight is 265 g/mol. The van der Waals surface area contributed by atoms with Crippen LogP contribution in [0.2, 0.25) is 0 Å².